The SMILES string of the molecule is CCC1CCCC(Nc2ccc(I)cc2Br)CC1. The summed E-state index contributed by atoms with van der Waals surface area (Å²) in [5.74, 6) is 0.956. The van der Waals surface area contributed by atoms with E-state index in [0.717, 1.165) is 5.92 Å². The lowest BCUT2D eigenvalue weighted by Gasteiger charge is -2.19. The summed E-state index contributed by atoms with van der Waals surface area (Å²) in [7, 11) is 0. The van der Waals surface area contributed by atoms with Crippen molar-refractivity contribution in [1.29, 1.82) is 0 Å². The van der Waals surface area contributed by atoms with Gasteiger partial charge in [-0.05, 0) is 81.9 Å². The number of hydrogen-bond donors (Lipinski definition) is 1. The summed E-state index contributed by atoms with van der Waals surface area (Å²) >= 11 is 6.00. The van der Waals surface area contributed by atoms with Gasteiger partial charge in [-0.1, -0.05) is 26.2 Å². The molecule has 1 N–H and O–H groups in total. The lowest BCUT2D eigenvalue weighted by molar-refractivity contribution is 0.444. The minimum atomic E-state index is 0.651. The maximum atomic E-state index is 3.71. The fraction of sp³-hybridized carbons (Fsp3) is 0.600. The van der Waals surface area contributed by atoms with Gasteiger partial charge in [0.2, 0.25) is 0 Å². The maximum Gasteiger partial charge on any atom is 0.0487 e. The average molecular weight is 422 g/mol. The van der Waals surface area contributed by atoms with Gasteiger partial charge in [0.15, 0.2) is 0 Å². The Hall–Kier alpha value is 0.230. The molecule has 3 heteroatoms. The van der Waals surface area contributed by atoms with Gasteiger partial charge < -0.3 is 5.32 Å². The van der Waals surface area contributed by atoms with Gasteiger partial charge in [-0.25, -0.2) is 0 Å². The summed E-state index contributed by atoms with van der Waals surface area (Å²) in [5.41, 5.74) is 1.25. The first-order chi connectivity index (χ1) is 8.69. The Kier molecular flexibility index (Phi) is 5.80. The van der Waals surface area contributed by atoms with E-state index < -0.39 is 0 Å². The summed E-state index contributed by atoms with van der Waals surface area (Å²) in [6.45, 7) is 2.33. The molecule has 1 nitrogen and oxygen atoms in total. The Morgan fingerprint density at radius 2 is 2.11 bits per heavy atom. The van der Waals surface area contributed by atoms with Gasteiger partial charge in [0.1, 0.15) is 0 Å². The Balaban J connectivity index is 1.96. The molecule has 1 aliphatic carbocycles. The molecule has 1 fully saturated rings. The minimum Gasteiger partial charge on any atom is -0.381 e. The molecule has 1 aliphatic rings. The van der Waals surface area contributed by atoms with E-state index in [0.29, 0.717) is 6.04 Å². The van der Waals surface area contributed by atoms with Crippen LogP contribution >= 0.6 is 38.5 Å². The second-order valence-corrected chi connectivity index (χ2v) is 7.35. The van der Waals surface area contributed by atoms with E-state index in [9.17, 15) is 0 Å². The van der Waals surface area contributed by atoms with Crippen molar-refractivity contribution in [3.63, 3.8) is 0 Å². The van der Waals surface area contributed by atoms with Gasteiger partial charge in [0.25, 0.3) is 0 Å². The van der Waals surface area contributed by atoms with Crippen LogP contribution in [0.15, 0.2) is 22.7 Å². The van der Waals surface area contributed by atoms with Crippen LogP contribution in [0.2, 0.25) is 0 Å². The second-order valence-electron chi connectivity index (χ2n) is 5.25. The van der Waals surface area contributed by atoms with Crippen LogP contribution in [0, 0.1) is 9.49 Å². The normalized spacial score (nSPS) is 24.6. The predicted octanol–water partition coefficient (Wildman–Crippen LogP) is 5.82. The Labute approximate surface area is 132 Å². The zero-order valence-electron chi connectivity index (χ0n) is 10.9. The highest BCUT2D eigenvalue weighted by Crippen LogP contribution is 2.30. The molecule has 2 unspecified atom stereocenters. The molecule has 0 aromatic heterocycles. The van der Waals surface area contributed by atoms with Crippen LogP contribution in [-0.4, -0.2) is 6.04 Å². The quantitative estimate of drug-likeness (QED) is 0.478. The lowest BCUT2D eigenvalue weighted by atomic mass is 9.98. The molecular formula is C15H21BrIN. The lowest BCUT2D eigenvalue weighted by Crippen LogP contribution is -2.18. The largest absolute Gasteiger partial charge is 0.381 e. The number of rotatable bonds is 3. The first-order valence-corrected chi connectivity index (χ1v) is 8.77. The fourth-order valence-corrected chi connectivity index (χ4v) is 4.17. The molecule has 2 rings (SSSR count). The van der Waals surface area contributed by atoms with Crippen molar-refractivity contribution < 1.29 is 0 Å². The van der Waals surface area contributed by atoms with E-state index in [4.69, 9.17) is 0 Å². The molecule has 0 bridgehead atoms. The molecule has 1 saturated carbocycles. The van der Waals surface area contributed by atoms with Gasteiger partial charge in [0, 0.05) is 19.8 Å². The summed E-state index contributed by atoms with van der Waals surface area (Å²) < 4.78 is 2.46. The third kappa shape index (κ3) is 4.12. The highest BCUT2D eigenvalue weighted by atomic mass is 127. The van der Waals surface area contributed by atoms with Crippen LogP contribution in [0.1, 0.15) is 45.4 Å². The van der Waals surface area contributed by atoms with E-state index in [1.165, 1.54) is 52.3 Å². The van der Waals surface area contributed by atoms with Crippen LogP contribution in [0.4, 0.5) is 5.69 Å². The Morgan fingerprint density at radius 3 is 2.83 bits per heavy atom. The number of halogens is 2. The molecule has 2 atom stereocenters. The topological polar surface area (TPSA) is 12.0 Å². The fourth-order valence-electron chi connectivity index (χ4n) is 2.76. The molecule has 0 amide bonds. The van der Waals surface area contributed by atoms with Crippen LogP contribution in [0.5, 0.6) is 0 Å². The predicted molar refractivity (Wildman–Crippen MR) is 91.1 cm³/mol. The molecule has 0 saturated heterocycles. The van der Waals surface area contributed by atoms with Crippen molar-refractivity contribution in [3.05, 3.63) is 26.2 Å². The standard InChI is InChI=1S/C15H21BrIN/c1-2-11-4-3-5-13(8-6-11)18-15-9-7-12(17)10-14(15)16/h7,9-11,13,18H,2-6,8H2,1H3. The van der Waals surface area contributed by atoms with Crippen LogP contribution in [0.25, 0.3) is 0 Å². The Bertz CT molecular complexity index is 394. The molecule has 0 spiro atoms. The van der Waals surface area contributed by atoms with E-state index in [1.54, 1.807) is 0 Å². The van der Waals surface area contributed by atoms with E-state index in [1.807, 2.05) is 0 Å². The maximum absolute atomic E-state index is 3.71. The molecule has 1 aromatic carbocycles. The number of nitrogens with one attached hydrogen (secondary N) is 1. The molecule has 0 heterocycles. The molecule has 0 aliphatic heterocycles. The second kappa shape index (κ2) is 7.13. The van der Waals surface area contributed by atoms with Crippen molar-refractivity contribution >= 4 is 44.2 Å². The van der Waals surface area contributed by atoms with Crippen LogP contribution < -0.4 is 5.32 Å². The molecular weight excluding hydrogens is 401 g/mol. The zero-order valence-corrected chi connectivity index (χ0v) is 14.6. The van der Waals surface area contributed by atoms with Crippen LogP contribution in [-0.2, 0) is 0 Å². The highest BCUT2D eigenvalue weighted by molar-refractivity contribution is 14.1. The summed E-state index contributed by atoms with van der Waals surface area (Å²) in [6.07, 6.45) is 8.16. The number of anilines is 1. The molecule has 100 valence electrons. The minimum absolute atomic E-state index is 0.651. The monoisotopic (exact) mass is 421 g/mol. The average Bonchev–Trinajstić information content (AvgIpc) is 2.58. The molecule has 18 heavy (non-hydrogen) atoms. The van der Waals surface area contributed by atoms with Gasteiger partial charge in [-0.15, -0.1) is 0 Å². The van der Waals surface area contributed by atoms with Crippen molar-refractivity contribution in [2.24, 2.45) is 5.92 Å². The summed E-state index contributed by atoms with van der Waals surface area (Å²) in [5, 5.41) is 3.71. The van der Waals surface area contributed by atoms with Gasteiger partial charge in [0.05, 0.1) is 0 Å². The third-order valence-corrected chi connectivity index (χ3v) is 5.28. The van der Waals surface area contributed by atoms with E-state index in [-0.39, 0.29) is 0 Å². The van der Waals surface area contributed by atoms with Gasteiger partial charge >= 0.3 is 0 Å². The van der Waals surface area contributed by atoms with Gasteiger partial charge in [-0.2, -0.15) is 0 Å². The summed E-state index contributed by atoms with van der Waals surface area (Å²) in [4.78, 5) is 0. The molecule has 0 radical (unpaired) electrons. The van der Waals surface area contributed by atoms with E-state index >= 15 is 0 Å². The Morgan fingerprint density at radius 1 is 1.28 bits per heavy atom. The number of hydrogen-bond acceptors (Lipinski definition) is 1. The third-order valence-electron chi connectivity index (χ3n) is 3.96. The first kappa shape index (κ1) is 14.6. The van der Waals surface area contributed by atoms with Crippen molar-refractivity contribution in [2.75, 3.05) is 5.32 Å². The van der Waals surface area contributed by atoms with Crippen molar-refractivity contribution in [2.45, 2.75) is 51.5 Å². The number of benzene rings is 1. The van der Waals surface area contributed by atoms with Crippen LogP contribution in [0.3, 0.4) is 0 Å². The first-order valence-electron chi connectivity index (χ1n) is 6.90. The summed E-state index contributed by atoms with van der Waals surface area (Å²) in [6, 6.07) is 7.18. The van der Waals surface area contributed by atoms with E-state index in [2.05, 4.69) is 69.0 Å². The zero-order chi connectivity index (χ0) is 13.0. The molecule has 1 aromatic rings. The van der Waals surface area contributed by atoms with Crippen molar-refractivity contribution in [1.82, 2.24) is 0 Å². The van der Waals surface area contributed by atoms with Gasteiger partial charge in [-0.3, -0.25) is 0 Å². The highest BCUT2D eigenvalue weighted by Gasteiger charge is 2.18. The van der Waals surface area contributed by atoms with Crippen molar-refractivity contribution in [3.8, 4) is 0 Å². The smallest absolute Gasteiger partial charge is 0.0487 e.